The van der Waals surface area contributed by atoms with E-state index in [4.69, 9.17) is 11.6 Å². The van der Waals surface area contributed by atoms with Gasteiger partial charge >= 0.3 is 0 Å². The minimum atomic E-state index is 0.848. The van der Waals surface area contributed by atoms with Crippen molar-refractivity contribution >= 4 is 34.3 Å². The summed E-state index contributed by atoms with van der Waals surface area (Å²) in [6.45, 7) is 12.3. The second-order valence-corrected chi connectivity index (χ2v) is 8.08. The second-order valence-electron chi connectivity index (χ2n) is 5.50. The van der Waals surface area contributed by atoms with E-state index in [1.807, 2.05) is 32.9 Å². The van der Waals surface area contributed by atoms with Crippen LogP contribution >= 0.6 is 34.3 Å². The summed E-state index contributed by atoms with van der Waals surface area (Å²) in [5.74, 6) is 0. The third kappa shape index (κ3) is 8.31. The summed E-state index contributed by atoms with van der Waals surface area (Å²) in [5.41, 5.74) is 4.92. The largest absolute Gasteiger partial charge is 0.247 e. The Balaban J connectivity index is 0.000000175. The van der Waals surface area contributed by atoms with Crippen molar-refractivity contribution in [2.24, 2.45) is 0 Å². The van der Waals surface area contributed by atoms with Crippen LogP contribution in [0.15, 0.2) is 35.0 Å². The number of hydrogen-bond donors (Lipinski definition) is 0. The van der Waals surface area contributed by atoms with E-state index in [9.17, 15) is 0 Å². The number of thiazole rings is 1. The van der Waals surface area contributed by atoms with Crippen molar-refractivity contribution in [3.63, 3.8) is 0 Å². The van der Waals surface area contributed by atoms with E-state index in [0.717, 1.165) is 21.3 Å². The van der Waals surface area contributed by atoms with Crippen molar-refractivity contribution in [1.29, 1.82) is 0 Å². The maximum absolute atomic E-state index is 5.78. The Bertz CT molecular complexity index is 657. The zero-order valence-corrected chi connectivity index (χ0v) is 17.0. The van der Waals surface area contributed by atoms with Gasteiger partial charge in [0.2, 0.25) is 0 Å². The number of thiophene rings is 1. The van der Waals surface area contributed by atoms with Crippen LogP contribution in [-0.2, 0) is 0 Å². The zero-order valence-electron chi connectivity index (χ0n) is 14.6. The van der Waals surface area contributed by atoms with Gasteiger partial charge in [-0.05, 0) is 70.2 Å². The van der Waals surface area contributed by atoms with Gasteiger partial charge in [0.1, 0.15) is 0 Å². The Morgan fingerprint density at radius 2 is 1.52 bits per heavy atom. The van der Waals surface area contributed by atoms with Crippen molar-refractivity contribution in [2.45, 2.75) is 41.5 Å². The zero-order chi connectivity index (χ0) is 17.4. The summed E-state index contributed by atoms with van der Waals surface area (Å²) in [6, 6.07) is 8.19. The molecule has 23 heavy (non-hydrogen) atoms. The highest BCUT2D eigenvalue weighted by Crippen LogP contribution is 2.15. The van der Waals surface area contributed by atoms with Gasteiger partial charge in [0.25, 0.3) is 0 Å². The monoisotopic (exact) mass is 365 g/mol. The van der Waals surface area contributed by atoms with Gasteiger partial charge in [-0.25, -0.2) is 4.98 Å². The molecule has 0 saturated carbocycles. The van der Waals surface area contributed by atoms with Crippen molar-refractivity contribution in [2.75, 3.05) is 0 Å². The quantitative estimate of drug-likeness (QED) is 0.414. The van der Waals surface area contributed by atoms with Gasteiger partial charge in [-0.2, -0.15) is 0 Å². The highest BCUT2D eigenvalue weighted by Gasteiger charge is 1.91. The number of halogens is 1. The predicted octanol–water partition coefficient (Wildman–Crippen LogP) is 7.08. The lowest BCUT2D eigenvalue weighted by atomic mass is 10.2. The van der Waals surface area contributed by atoms with E-state index < -0.39 is 0 Å². The molecule has 0 spiro atoms. The molecule has 0 unspecified atom stereocenters. The Kier molecular flexibility index (Phi) is 8.53. The molecule has 0 N–H and O–H groups in total. The summed E-state index contributed by atoms with van der Waals surface area (Å²) in [7, 11) is 0. The Hall–Kier alpha value is -1.16. The smallest absolute Gasteiger partial charge is 0.0897 e. The van der Waals surface area contributed by atoms with Crippen LogP contribution in [0.5, 0.6) is 0 Å². The minimum Gasteiger partial charge on any atom is -0.247 e. The first-order valence-electron chi connectivity index (χ1n) is 7.41. The first-order chi connectivity index (χ1) is 10.8. The summed E-state index contributed by atoms with van der Waals surface area (Å²) in [5, 5.41) is 6.21. The van der Waals surface area contributed by atoms with Crippen LogP contribution in [0.4, 0.5) is 0 Å². The Morgan fingerprint density at radius 3 is 1.78 bits per heavy atom. The van der Waals surface area contributed by atoms with E-state index in [-0.39, 0.29) is 0 Å². The lowest BCUT2D eigenvalue weighted by Crippen LogP contribution is -1.75. The number of benzene rings is 1. The topological polar surface area (TPSA) is 12.9 Å². The normalized spacial score (nSPS) is 9.52. The van der Waals surface area contributed by atoms with Gasteiger partial charge in [0.05, 0.1) is 5.01 Å². The maximum atomic E-state index is 5.78. The molecule has 4 heteroatoms. The van der Waals surface area contributed by atoms with E-state index >= 15 is 0 Å². The van der Waals surface area contributed by atoms with E-state index in [1.165, 1.54) is 16.0 Å². The molecule has 0 aliphatic rings. The van der Waals surface area contributed by atoms with Crippen LogP contribution in [0.2, 0.25) is 5.02 Å². The van der Waals surface area contributed by atoms with Crippen molar-refractivity contribution in [3.05, 3.63) is 72.3 Å². The highest BCUT2D eigenvalue weighted by atomic mass is 35.5. The van der Waals surface area contributed by atoms with Gasteiger partial charge in [-0.3, -0.25) is 0 Å². The molecule has 3 rings (SSSR count). The van der Waals surface area contributed by atoms with Crippen LogP contribution in [-0.4, -0.2) is 4.98 Å². The van der Waals surface area contributed by atoms with E-state index in [0.29, 0.717) is 0 Å². The van der Waals surface area contributed by atoms with Crippen LogP contribution in [0.3, 0.4) is 0 Å². The summed E-state index contributed by atoms with van der Waals surface area (Å²) in [4.78, 5) is 5.53. The van der Waals surface area contributed by atoms with Crippen molar-refractivity contribution in [3.8, 4) is 0 Å². The fourth-order valence-corrected chi connectivity index (χ4v) is 3.24. The van der Waals surface area contributed by atoms with Crippen molar-refractivity contribution in [1.82, 2.24) is 4.98 Å². The summed E-state index contributed by atoms with van der Waals surface area (Å²) >= 11 is 9.28. The number of hydrogen-bond acceptors (Lipinski definition) is 3. The van der Waals surface area contributed by atoms with E-state index in [1.54, 1.807) is 22.7 Å². The lowest BCUT2D eigenvalue weighted by Gasteiger charge is -1.96. The first-order valence-corrected chi connectivity index (χ1v) is 9.55. The van der Waals surface area contributed by atoms with Gasteiger partial charge in [0.15, 0.2) is 0 Å². The molecule has 0 amide bonds. The molecule has 3 aromatic rings. The standard InChI is InChI=1S/C8H9Cl.C6H8S.C5H7NS/c1-6-3-4-8(9)7(2)5-6;1-5-3-6(2)7-4-5;1-4-3-7-5(2)6-4/h3-5H,1-2H3;3-4H,1-2H3;3H,1-2H3. The molecular weight excluding hydrogens is 342 g/mol. The number of rotatable bonds is 0. The molecule has 2 aromatic heterocycles. The van der Waals surface area contributed by atoms with Gasteiger partial charge in [0, 0.05) is 21.0 Å². The Morgan fingerprint density at radius 1 is 0.826 bits per heavy atom. The van der Waals surface area contributed by atoms with Crippen LogP contribution in [0, 0.1) is 41.5 Å². The summed E-state index contributed by atoms with van der Waals surface area (Å²) < 4.78 is 0. The van der Waals surface area contributed by atoms with Crippen LogP contribution in [0.1, 0.15) is 32.3 Å². The Labute approximate surface area is 153 Å². The number of aryl methyl sites for hydroxylation is 6. The lowest BCUT2D eigenvalue weighted by molar-refractivity contribution is 1.20. The fraction of sp³-hybridized carbons (Fsp3) is 0.316. The average molecular weight is 366 g/mol. The van der Waals surface area contributed by atoms with Gasteiger partial charge in [-0.15, -0.1) is 22.7 Å². The number of nitrogens with zero attached hydrogens (tertiary/aromatic N) is 1. The molecule has 0 bridgehead atoms. The van der Waals surface area contributed by atoms with Crippen LogP contribution < -0.4 is 0 Å². The molecule has 2 heterocycles. The highest BCUT2D eigenvalue weighted by molar-refractivity contribution is 7.10. The van der Waals surface area contributed by atoms with Gasteiger partial charge in [-0.1, -0.05) is 29.3 Å². The molecular formula is C19H24ClNS2. The van der Waals surface area contributed by atoms with Crippen molar-refractivity contribution < 1.29 is 0 Å². The molecule has 0 aliphatic carbocycles. The molecule has 0 radical (unpaired) electrons. The molecule has 1 aromatic carbocycles. The first kappa shape index (κ1) is 19.9. The van der Waals surface area contributed by atoms with E-state index in [2.05, 4.69) is 48.6 Å². The second kappa shape index (κ2) is 9.86. The molecule has 0 aliphatic heterocycles. The molecule has 1 nitrogen and oxygen atoms in total. The summed E-state index contributed by atoms with van der Waals surface area (Å²) in [6.07, 6.45) is 0. The predicted molar refractivity (Wildman–Crippen MR) is 106 cm³/mol. The minimum absolute atomic E-state index is 0.848. The van der Waals surface area contributed by atoms with Crippen LogP contribution in [0.25, 0.3) is 0 Å². The third-order valence-electron chi connectivity index (χ3n) is 2.91. The fourth-order valence-electron chi connectivity index (χ4n) is 1.84. The molecule has 0 fully saturated rings. The molecule has 124 valence electrons. The third-order valence-corrected chi connectivity index (χ3v) is 5.20. The van der Waals surface area contributed by atoms with Gasteiger partial charge < -0.3 is 0 Å². The number of aromatic nitrogens is 1. The average Bonchev–Trinajstić information content (AvgIpc) is 3.03. The maximum Gasteiger partial charge on any atom is 0.0897 e. The molecule has 0 saturated heterocycles. The SMILES string of the molecule is Cc1ccc(Cl)c(C)c1.Cc1csc(C)c1.Cc1csc(C)n1. The molecule has 0 atom stereocenters.